The first-order valence-corrected chi connectivity index (χ1v) is 8.98. The van der Waals surface area contributed by atoms with E-state index in [2.05, 4.69) is 23.6 Å². The highest BCUT2D eigenvalue weighted by molar-refractivity contribution is 4.87. The highest BCUT2D eigenvalue weighted by atomic mass is 15.2. The van der Waals surface area contributed by atoms with Gasteiger partial charge in [-0.3, -0.25) is 4.90 Å². The number of hydrogen-bond acceptors (Lipinski definition) is 3. The number of nitrogens with two attached hydrogens (primary N) is 1. The molecule has 0 aliphatic carbocycles. The Morgan fingerprint density at radius 1 is 0.950 bits per heavy atom. The van der Waals surface area contributed by atoms with E-state index < -0.39 is 0 Å². The van der Waals surface area contributed by atoms with Gasteiger partial charge in [0.25, 0.3) is 0 Å². The first-order valence-electron chi connectivity index (χ1n) is 8.98. The molecule has 2 heterocycles. The summed E-state index contributed by atoms with van der Waals surface area (Å²) in [6, 6.07) is 1.47. The lowest BCUT2D eigenvalue weighted by Gasteiger charge is -2.44. The Bertz CT molecular complexity index is 251. The van der Waals surface area contributed by atoms with Gasteiger partial charge in [0, 0.05) is 18.6 Å². The molecule has 0 aromatic rings. The van der Waals surface area contributed by atoms with Crippen molar-refractivity contribution in [3.8, 4) is 0 Å². The third-order valence-corrected chi connectivity index (χ3v) is 5.71. The van der Waals surface area contributed by atoms with E-state index in [0.717, 1.165) is 18.5 Å². The van der Waals surface area contributed by atoms with Crippen LogP contribution in [0.2, 0.25) is 0 Å². The van der Waals surface area contributed by atoms with Crippen molar-refractivity contribution in [3.05, 3.63) is 0 Å². The van der Waals surface area contributed by atoms with Gasteiger partial charge in [0.2, 0.25) is 0 Å². The minimum Gasteiger partial charge on any atom is -0.329 e. The Labute approximate surface area is 125 Å². The summed E-state index contributed by atoms with van der Waals surface area (Å²) in [5.41, 5.74) is 6.08. The quantitative estimate of drug-likeness (QED) is 0.812. The van der Waals surface area contributed by atoms with Gasteiger partial charge in [-0.15, -0.1) is 0 Å². The second kappa shape index (κ2) is 8.35. The van der Waals surface area contributed by atoms with Gasteiger partial charge in [-0.25, -0.2) is 0 Å². The second-order valence-electron chi connectivity index (χ2n) is 6.74. The van der Waals surface area contributed by atoms with E-state index in [9.17, 15) is 0 Å². The van der Waals surface area contributed by atoms with Gasteiger partial charge in [0.05, 0.1) is 0 Å². The Morgan fingerprint density at radius 3 is 2.05 bits per heavy atom. The molecule has 2 rings (SSSR count). The minimum absolute atomic E-state index is 0.618. The highest BCUT2D eigenvalue weighted by Crippen LogP contribution is 2.25. The molecular weight excluding hydrogens is 246 g/mol. The summed E-state index contributed by atoms with van der Waals surface area (Å²) >= 11 is 0. The molecule has 0 aromatic carbocycles. The molecule has 0 aromatic heterocycles. The van der Waals surface area contributed by atoms with Crippen molar-refractivity contribution < 1.29 is 0 Å². The van der Waals surface area contributed by atoms with E-state index in [1.54, 1.807) is 0 Å². The lowest BCUT2D eigenvalue weighted by molar-refractivity contribution is 0.0555. The number of nitrogens with zero attached hydrogens (tertiary/aromatic N) is 2. The molecule has 3 nitrogen and oxygen atoms in total. The van der Waals surface area contributed by atoms with Crippen molar-refractivity contribution in [1.29, 1.82) is 0 Å². The summed E-state index contributed by atoms with van der Waals surface area (Å²) in [5, 5.41) is 0. The van der Waals surface area contributed by atoms with E-state index in [1.807, 2.05) is 0 Å². The Hall–Kier alpha value is -0.120. The number of piperidine rings is 2. The molecule has 2 N–H and O–H groups in total. The Balaban J connectivity index is 1.82. The minimum atomic E-state index is 0.618. The van der Waals surface area contributed by atoms with Crippen molar-refractivity contribution in [3.63, 3.8) is 0 Å². The Kier molecular flexibility index (Phi) is 6.79. The third-order valence-electron chi connectivity index (χ3n) is 5.71. The van der Waals surface area contributed by atoms with Crippen LogP contribution < -0.4 is 5.73 Å². The lowest BCUT2D eigenvalue weighted by Crippen LogP contribution is -2.53. The van der Waals surface area contributed by atoms with Gasteiger partial charge in [-0.05, 0) is 57.8 Å². The van der Waals surface area contributed by atoms with Crippen molar-refractivity contribution in [2.24, 2.45) is 11.7 Å². The molecule has 0 radical (unpaired) electrons. The van der Waals surface area contributed by atoms with Crippen LogP contribution in [0.3, 0.4) is 0 Å². The molecule has 2 aliphatic heterocycles. The molecule has 0 bridgehead atoms. The summed E-state index contributed by atoms with van der Waals surface area (Å²) < 4.78 is 0. The van der Waals surface area contributed by atoms with Crippen molar-refractivity contribution in [2.75, 3.05) is 32.7 Å². The monoisotopic (exact) mass is 281 g/mol. The van der Waals surface area contributed by atoms with Gasteiger partial charge in [-0.2, -0.15) is 0 Å². The van der Waals surface area contributed by atoms with E-state index in [4.69, 9.17) is 5.73 Å². The largest absolute Gasteiger partial charge is 0.329 e. The topological polar surface area (TPSA) is 32.5 Å². The summed E-state index contributed by atoms with van der Waals surface area (Å²) in [7, 11) is 0. The molecule has 1 atom stereocenters. The Morgan fingerprint density at radius 2 is 1.55 bits per heavy atom. The molecule has 1 unspecified atom stereocenters. The van der Waals surface area contributed by atoms with Gasteiger partial charge in [0.15, 0.2) is 0 Å². The fourth-order valence-corrected chi connectivity index (χ4v) is 4.34. The third kappa shape index (κ3) is 3.96. The van der Waals surface area contributed by atoms with E-state index >= 15 is 0 Å². The van der Waals surface area contributed by atoms with Crippen LogP contribution in [-0.2, 0) is 0 Å². The number of likely N-dealkylation sites (tertiary alicyclic amines) is 2. The van der Waals surface area contributed by atoms with Crippen LogP contribution in [0, 0.1) is 5.92 Å². The summed E-state index contributed by atoms with van der Waals surface area (Å²) in [6.45, 7) is 10.7. The molecular formula is C17H35N3. The molecule has 2 fully saturated rings. The molecule has 3 heteroatoms. The van der Waals surface area contributed by atoms with Crippen molar-refractivity contribution >= 4 is 0 Å². The molecule has 2 aliphatic rings. The molecule has 0 spiro atoms. The number of hydrogen-bond donors (Lipinski definition) is 1. The zero-order valence-electron chi connectivity index (χ0n) is 13.7. The van der Waals surface area contributed by atoms with Crippen LogP contribution in [-0.4, -0.2) is 54.6 Å². The SMILES string of the molecule is CCC(CC)C(CN)N1CCC(N2CCCCC2)CC1. The smallest absolute Gasteiger partial charge is 0.0246 e. The van der Waals surface area contributed by atoms with Gasteiger partial charge >= 0.3 is 0 Å². The van der Waals surface area contributed by atoms with Crippen molar-refractivity contribution in [2.45, 2.75) is 70.9 Å². The van der Waals surface area contributed by atoms with Crippen molar-refractivity contribution in [1.82, 2.24) is 9.80 Å². The predicted molar refractivity (Wildman–Crippen MR) is 86.9 cm³/mol. The average molecular weight is 281 g/mol. The summed E-state index contributed by atoms with van der Waals surface area (Å²) in [5.74, 6) is 0.784. The van der Waals surface area contributed by atoms with E-state index in [1.165, 1.54) is 71.1 Å². The molecule has 118 valence electrons. The van der Waals surface area contributed by atoms with Gasteiger partial charge < -0.3 is 10.6 Å². The standard InChI is InChI=1S/C17H35N3/c1-3-15(4-2)17(14-18)20-12-8-16(9-13-20)19-10-6-5-7-11-19/h15-17H,3-14,18H2,1-2H3. The molecule has 0 saturated carbocycles. The molecule has 20 heavy (non-hydrogen) atoms. The summed E-state index contributed by atoms with van der Waals surface area (Å²) in [4.78, 5) is 5.45. The molecule has 2 saturated heterocycles. The zero-order valence-corrected chi connectivity index (χ0v) is 13.7. The maximum absolute atomic E-state index is 6.08. The predicted octanol–water partition coefficient (Wildman–Crippen LogP) is 2.70. The van der Waals surface area contributed by atoms with Crippen LogP contribution in [0.15, 0.2) is 0 Å². The highest BCUT2D eigenvalue weighted by Gasteiger charge is 2.30. The first-order chi connectivity index (χ1) is 9.80. The van der Waals surface area contributed by atoms with Crippen LogP contribution in [0.5, 0.6) is 0 Å². The van der Waals surface area contributed by atoms with Crippen LogP contribution >= 0.6 is 0 Å². The van der Waals surface area contributed by atoms with Crippen LogP contribution in [0.25, 0.3) is 0 Å². The van der Waals surface area contributed by atoms with Crippen LogP contribution in [0.1, 0.15) is 58.8 Å². The zero-order chi connectivity index (χ0) is 14.4. The van der Waals surface area contributed by atoms with Crippen LogP contribution in [0.4, 0.5) is 0 Å². The lowest BCUT2D eigenvalue weighted by atomic mass is 9.90. The maximum Gasteiger partial charge on any atom is 0.0246 e. The fraction of sp³-hybridized carbons (Fsp3) is 1.00. The molecule has 0 amide bonds. The average Bonchev–Trinajstić information content (AvgIpc) is 2.53. The normalized spacial score (nSPS) is 25.2. The fourth-order valence-electron chi connectivity index (χ4n) is 4.34. The van der Waals surface area contributed by atoms with E-state index in [0.29, 0.717) is 6.04 Å². The van der Waals surface area contributed by atoms with Gasteiger partial charge in [0.1, 0.15) is 0 Å². The van der Waals surface area contributed by atoms with Gasteiger partial charge in [-0.1, -0.05) is 33.1 Å². The second-order valence-corrected chi connectivity index (χ2v) is 6.74. The maximum atomic E-state index is 6.08. The summed E-state index contributed by atoms with van der Waals surface area (Å²) in [6.07, 6.45) is 9.53. The first kappa shape index (κ1) is 16.3. The van der Waals surface area contributed by atoms with E-state index in [-0.39, 0.29) is 0 Å². The number of rotatable bonds is 6.